The molecule has 3 heterocycles. The fourth-order valence-corrected chi connectivity index (χ4v) is 3.77. The molecule has 0 amide bonds. The molecule has 0 aromatic carbocycles. The zero-order valence-corrected chi connectivity index (χ0v) is 11.0. The van der Waals surface area contributed by atoms with Crippen molar-refractivity contribution >= 4 is 5.69 Å². The lowest BCUT2D eigenvalue weighted by atomic mass is 9.70. The van der Waals surface area contributed by atoms with Gasteiger partial charge in [0.1, 0.15) is 0 Å². The number of hydrogen-bond donors (Lipinski definition) is 2. The topological polar surface area (TPSA) is 37.0 Å². The molecule has 3 rings (SSSR count). The highest BCUT2D eigenvalue weighted by atomic mass is 15.2. The molecule has 0 saturated carbocycles. The second-order valence-corrected chi connectivity index (χ2v) is 6.46. The van der Waals surface area contributed by atoms with E-state index in [0.717, 1.165) is 0 Å². The molecule has 1 fully saturated rings. The van der Waals surface area contributed by atoms with Crippen LogP contribution in [0.3, 0.4) is 0 Å². The molecule has 17 heavy (non-hydrogen) atoms. The fourth-order valence-electron chi connectivity index (χ4n) is 3.77. The van der Waals surface area contributed by atoms with Gasteiger partial charge in [0.15, 0.2) is 0 Å². The summed E-state index contributed by atoms with van der Waals surface area (Å²) in [5.74, 6) is 1.19. The minimum absolute atomic E-state index is 0.310. The molecule has 0 bridgehead atoms. The van der Waals surface area contributed by atoms with E-state index in [1.54, 1.807) is 0 Å². The lowest BCUT2D eigenvalue weighted by Gasteiger charge is -2.34. The van der Waals surface area contributed by atoms with E-state index in [-0.39, 0.29) is 0 Å². The Morgan fingerprint density at radius 1 is 1.29 bits per heavy atom. The number of rotatable bonds is 0. The van der Waals surface area contributed by atoms with Gasteiger partial charge < -0.3 is 5.32 Å². The summed E-state index contributed by atoms with van der Waals surface area (Å²) in [7, 11) is 0. The monoisotopic (exact) mass is 231 g/mol. The van der Waals surface area contributed by atoms with E-state index in [1.165, 1.54) is 11.3 Å². The van der Waals surface area contributed by atoms with Crippen LogP contribution in [-0.2, 0) is 0 Å². The van der Waals surface area contributed by atoms with Gasteiger partial charge in [0, 0.05) is 35.6 Å². The lowest BCUT2D eigenvalue weighted by molar-refractivity contribution is 0.205. The summed E-state index contributed by atoms with van der Waals surface area (Å²) in [6.45, 7) is 9.32. The van der Waals surface area contributed by atoms with Crippen molar-refractivity contribution in [1.29, 1.82) is 0 Å². The zero-order chi connectivity index (χ0) is 12.2. The molecule has 2 aliphatic rings. The molecule has 0 radical (unpaired) electrons. The average molecular weight is 231 g/mol. The van der Waals surface area contributed by atoms with Crippen molar-refractivity contribution in [2.45, 2.75) is 45.8 Å². The van der Waals surface area contributed by atoms with E-state index in [2.05, 4.69) is 49.4 Å². The Morgan fingerprint density at radius 2 is 2.06 bits per heavy atom. The first-order valence-corrected chi connectivity index (χ1v) is 6.45. The van der Waals surface area contributed by atoms with E-state index in [0.29, 0.717) is 29.5 Å². The van der Waals surface area contributed by atoms with Crippen LogP contribution in [0.2, 0.25) is 0 Å². The van der Waals surface area contributed by atoms with Crippen LogP contribution in [0.1, 0.15) is 39.2 Å². The molecule has 4 atom stereocenters. The predicted molar refractivity (Wildman–Crippen MR) is 69.9 cm³/mol. The summed E-state index contributed by atoms with van der Waals surface area (Å²) in [6, 6.07) is 2.63. The normalized spacial score (nSPS) is 35.3. The van der Waals surface area contributed by atoms with E-state index < -0.39 is 0 Å². The summed E-state index contributed by atoms with van der Waals surface area (Å²) in [5.41, 5.74) is 2.95. The summed E-state index contributed by atoms with van der Waals surface area (Å²) < 4.78 is 0. The van der Waals surface area contributed by atoms with Gasteiger partial charge in [-0.05, 0) is 24.3 Å². The van der Waals surface area contributed by atoms with E-state index >= 15 is 0 Å². The van der Waals surface area contributed by atoms with E-state index in [1.807, 2.05) is 12.4 Å². The Kier molecular flexibility index (Phi) is 2.24. The number of aromatic nitrogens is 1. The first kappa shape index (κ1) is 11.0. The zero-order valence-electron chi connectivity index (χ0n) is 11.0. The van der Waals surface area contributed by atoms with Gasteiger partial charge in [0.25, 0.3) is 0 Å². The van der Waals surface area contributed by atoms with Crippen LogP contribution in [-0.4, -0.2) is 17.2 Å². The number of pyridine rings is 1. The highest BCUT2D eigenvalue weighted by Gasteiger charge is 2.50. The van der Waals surface area contributed by atoms with Gasteiger partial charge in [0.2, 0.25) is 0 Å². The quantitative estimate of drug-likeness (QED) is 0.720. The first-order chi connectivity index (χ1) is 7.98. The van der Waals surface area contributed by atoms with Crippen LogP contribution in [0.5, 0.6) is 0 Å². The standard InChI is InChI=1S/C14H21N3/c1-8-12(14(2,3)4)11-9-7-15-6-5-10(9)17-13(11)16-8/h5-8,11-13,16-17H,1-4H3. The lowest BCUT2D eigenvalue weighted by Crippen LogP contribution is -2.35. The summed E-state index contributed by atoms with van der Waals surface area (Å²) in [6.07, 6.45) is 4.28. The Balaban J connectivity index is 2.04. The van der Waals surface area contributed by atoms with Gasteiger partial charge in [-0.3, -0.25) is 10.3 Å². The fraction of sp³-hybridized carbons (Fsp3) is 0.643. The molecule has 0 spiro atoms. The van der Waals surface area contributed by atoms with E-state index in [9.17, 15) is 0 Å². The summed E-state index contributed by atoms with van der Waals surface area (Å²) >= 11 is 0. The maximum absolute atomic E-state index is 4.29. The molecule has 92 valence electrons. The second kappa shape index (κ2) is 3.45. The molecular weight excluding hydrogens is 210 g/mol. The third kappa shape index (κ3) is 1.56. The van der Waals surface area contributed by atoms with Crippen LogP contribution < -0.4 is 10.6 Å². The van der Waals surface area contributed by atoms with Crippen LogP contribution in [0, 0.1) is 11.3 Å². The highest BCUT2D eigenvalue weighted by molar-refractivity contribution is 5.59. The Bertz CT molecular complexity index is 435. The molecule has 3 nitrogen and oxygen atoms in total. The molecule has 1 aromatic rings. The van der Waals surface area contributed by atoms with Gasteiger partial charge in [0.05, 0.1) is 6.17 Å². The maximum atomic E-state index is 4.29. The largest absolute Gasteiger partial charge is 0.369 e. The van der Waals surface area contributed by atoms with E-state index in [4.69, 9.17) is 0 Å². The third-order valence-corrected chi connectivity index (χ3v) is 4.25. The van der Waals surface area contributed by atoms with Crippen LogP contribution in [0.25, 0.3) is 0 Å². The number of nitrogens with zero attached hydrogens (tertiary/aromatic N) is 1. The number of nitrogens with one attached hydrogen (secondary N) is 2. The van der Waals surface area contributed by atoms with Gasteiger partial charge in [-0.2, -0.15) is 0 Å². The third-order valence-electron chi connectivity index (χ3n) is 4.25. The summed E-state index contributed by atoms with van der Waals surface area (Å²) in [5, 5.41) is 7.26. The van der Waals surface area contributed by atoms with Crippen molar-refractivity contribution < 1.29 is 0 Å². The second-order valence-electron chi connectivity index (χ2n) is 6.46. The SMILES string of the molecule is CC1NC2Nc3ccncc3C2C1C(C)(C)C. The molecule has 2 aliphatic heterocycles. The minimum atomic E-state index is 0.310. The molecule has 2 N–H and O–H groups in total. The van der Waals surface area contributed by atoms with Crippen molar-refractivity contribution in [3.63, 3.8) is 0 Å². The van der Waals surface area contributed by atoms with Gasteiger partial charge in [-0.15, -0.1) is 0 Å². The van der Waals surface area contributed by atoms with Crippen LogP contribution in [0.15, 0.2) is 18.5 Å². The minimum Gasteiger partial charge on any atom is -0.369 e. The first-order valence-electron chi connectivity index (χ1n) is 6.45. The van der Waals surface area contributed by atoms with Crippen LogP contribution >= 0.6 is 0 Å². The molecule has 4 unspecified atom stereocenters. The van der Waals surface area contributed by atoms with Crippen molar-refractivity contribution in [2.75, 3.05) is 5.32 Å². The molecule has 0 aliphatic carbocycles. The van der Waals surface area contributed by atoms with Gasteiger partial charge >= 0.3 is 0 Å². The average Bonchev–Trinajstić information content (AvgIpc) is 2.70. The number of anilines is 1. The van der Waals surface area contributed by atoms with Crippen molar-refractivity contribution in [2.24, 2.45) is 11.3 Å². The highest BCUT2D eigenvalue weighted by Crippen LogP contribution is 2.50. The Hall–Kier alpha value is -1.09. The number of fused-ring (bicyclic) bond motifs is 3. The Morgan fingerprint density at radius 3 is 2.76 bits per heavy atom. The Labute approximate surface area is 103 Å². The maximum Gasteiger partial charge on any atom is 0.0845 e. The summed E-state index contributed by atoms with van der Waals surface area (Å²) in [4.78, 5) is 4.29. The molecule has 3 heteroatoms. The van der Waals surface area contributed by atoms with Crippen LogP contribution in [0.4, 0.5) is 5.69 Å². The molecule has 1 saturated heterocycles. The van der Waals surface area contributed by atoms with Crippen molar-refractivity contribution in [3.8, 4) is 0 Å². The molecular formula is C14H21N3. The van der Waals surface area contributed by atoms with Crippen molar-refractivity contribution in [1.82, 2.24) is 10.3 Å². The van der Waals surface area contributed by atoms with Gasteiger partial charge in [-0.25, -0.2) is 0 Å². The van der Waals surface area contributed by atoms with Crippen molar-refractivity contribution in [3.05, 3.63) is 24.0 Å². The smallest absolute Gasteiger partial charge is 0.0845 e. The molecule has 1 aromatic heterocycles. The predicted octanol–water partition coefficient (Wildman–Crippen LogP) is 2.57. The number of hydrogen-bond acceptors (Lipinski definition) is 3. The van der Waals surface area contributed by atoms with Gasteiger partial charge in [-0.1, -0.05) is 20.8 Å².